The van der Waals surface area contributed by atoms with Gasteiger partial charge < -0.3 is 4.42 Å². The molecular weight excluding hydrogens is 148 g/mol. The van der Waals surface area contributed by atoms with Crippen LogP contribution in [0.2, 0.25) is 0 Å². The van der Waals surface area contributed by atoms with Gasteiger partial charge >= 0.3 is 0 Å². The Morgan fingerprint density at radius 1 is 1.25 bits per heavy atom. The Morgan fingerprint density at radius 3 is 1.75 bits per heavy atom. The van der Waals surface area contributed by atoms with Crippen LogP contribution in [0.25, 0.3) is 0 Å². The van der Waals surface area contributed by atoms with Crippen LogP contribution >= 0.6 is 0 Å². The molecule has 0 N–H and O–H groups in total. The van der Waals surface area contributed by atoms with Gasteiger partial charge in [0.05, 0.1) is 6.26 Å². The van der Waals surface area contributed by atoms with Crippen molar-refractivity contribution in [1.82, 2.24) is 0 Å². The number of rotatable bonds is 0. The first-order chi connectivity index (χ1) is 5.63. The number of hydrogen-bond acceptors (Lipinski definition) is 1. The molecule has 0 saturated heterocycles. The summed E-state index contributed by atoms with van der Waals surface area (Å²) in [6.07, 6.45) is 9.66. The predicted octanol–water partition coefficient (Wildman–Crippen LogP) is 3.50. The largest absolute Gasteiger partial charge is 0.470 e. The van der Waals surface area contributed by atoms with Gasteiger partial charge in [0.2, 0.25) is 0 Å². The normalized spacial score (nSPS) is 7.58. The molecule has 12 heavy (non-hydrogen) atoms. The van der Waals surface area contributed by atoms with Gasteiger partial charge in [-0.3, -0.25) is 0 Å². The van der Waals surface area contributed by atoms with Crippen molar-refractivity contribution in [2.45, 2.75) is 27.7 Å². The van der Waals surface area contributed by atoms with Crippen LogP contribution in [-0.2, 0) is 0 Å². The average Bonchev–Trinajstić information content (AvgIpc) is 2.43. The molecule has 0 atom stereocenters. The van der Waals surface area contributed by atoms with E-state index in [0.29, 0.717) is 0 Å². The lowest BCUT2D eigenvalue weighted by Crippen LogP contribution is -1.66. The van der Waals surface area contributed by atoms with Gasteiger partial charge in [0, 0.05) is 0 Å². The van der Waals surface area contributed by atoms with E-state index in [1.54, 1.807) is 6.26 Å². The van der Waals surface area contributed by atoms with Crippen LogP contribution in [-0.4, -0.2) is 0 Å². The van der Waals surface area contributed by atoms with E-state index in [1.807, 2.05) is 19.1 Å². The fourth-order valence-corrected chi connectivity index (χ4v) is 0.361. The maximum absolute atomic E-state index is 4.83. The molecule has 0 aliphatic rings. The van der Waals surface area contributed by atoms with E-state index in [2.05, 4.69) is 33.6 Å². The van der Waals surface area contributed by atoms with E-state index in [1.165, 1.54) is 0 Å². The van der Waals surface area contributed by atoms with Crippen molar-refractivity contribution in [3.63, 3.8) is 0 Å². The molecular formula is C11H18O. The molecule has 1 heterocycles. The summed E-state index contributed by atoms with van der Waals surface area (Å²) >= 11 is 0. The molecule has 0 fully saturated rings. The maximum atomic E-state index is 4.83. The molecule has 68 valence electrons. The van der Waals surface area contributed by atoms with E-state index in [-0.39, 0.29) is 0 Å². The lowest BCUT2D eigenvalue weighted by atomic mass is 10.3. The number of aryl methyl sites for hydroxylation is 1. The zero-order valence-electron chi connectivity index (χ0n) is 8.37. The number of terminal acetylenes is 1. The van der Waals surface area contributed by atoms with Gasteiger partial charge in [0.1, 0.15) is 5.76 Å². The summed E-state index contributed by atoms with van der Waals surface area (Å²) in [4.78, 5) is 0. The molecule has 1 heteroatoms. The van der Waals surface area contributed by atoms with Gasteiger partial charge in [0.15, 0.2) is 0 Å². The average molecular weight is 166 g/mol. The SMILES string of the molecule is C#C.CC(C)C.Cc1ccco1. The highest BCUT2D eigenvalue weighted by molar-refractivity contribution is 4.93. The molecule has 1 aromatic rings. The minimum absolute atomic E-state index is 0.833. The Hall–Kier alpha value is -1.16. The summed E-state index contributed by atoms with van der Waals surface area (Å²) in [5.74, 6) is 1.80. The standard InChI is InChI=1S/C5H6O.C4H10.C2H2/c1-5-3-2-4-6-5;1-4(2)3;1-2/h2-4H,1H3;4H,1-3H3;1-2H. The second kappa shape index (κ2) is 9.84. The van der Waals surface area contributed by atoms with E-state index in [9.17, 15) is 0 Å². The fraction of sp³-hybridized carbons (Fsp3) is 0.455. The molecule has 0 amide bonds. The van der Waals surface area contributed by atoms with Gasteiger partial charge in [0.25, 0.3) is 0 Å². The van der Waals surface area contributed by atoms with Gasteiger partial charge in [-0.25, -0.2) is 0 Å². The van der Waals surface area contributed by atoms with Gasteiger partial charge in [-0.2, -0.15) is 0 Å². The second-order valence-electron chi connectivity index (χ2n) is 2.96. The summed E-state index contributed by atoms with van der Waals surface area (Å²) < 4.78 is 4.83. The topological polar surface area (TPSA) is 13.1 Å². The predicted molar refractivity (Wildman–Crippen MR) is 53.8 cm³/mol. The maximum Gasteiger partial charge on any atom is 0.100 e. The van der Waals surface area contributed by atoms with E-state index in [4.69, 9.17) is 4.42 Å². The third-order valence-corrected chi connectivity index (χ3v) is 0.663. The van der Waals surface area contributed by atoms with E-state index >= 15 is 0 Å². The third-order valence-electron chi connectivity index (χ3n) is 0.663. The summed E-state index contributed by atoms with van der Waals surface area (Å²) in [7, 11) is 0. The van der Waals surface area contributed by atoms with Crippen LogP contribution in [0.15, 0.2) is 22.8 Å². The summed E-state index contributed by atoms with van der Waals surface area (Å²) in [6, 6.07) is 3.79. The Morgan fingerprint density at radius 2 is 1.67 bits per heavy atom. The van der Waals surface area contributed by atoms with E-state index < -0.39 is 0 Å². The van der Waals surface area contributed by atoms with Crippen molar-refractivity contribution in [2.24, 2.45) is 5.92 Å². The molecule has 1 nitrogen and oxygen atoms in total. The molecule has 1 rings (SSSR count). The minimum Gasteiger partial charge on any atom is -0.470 e. The van der Waals surface area contributed by atoms with Crippen LogP contribution in [0, 0.1) is 25.7 Å². The molecule has 0 radical (unpaired) electrons. The molecule has 0 aromatic carbocycles. The van der Waals surface area contributed by atoms with Crippen molar-refractivity contribution < 1.29 is 4.42 Å². The Labute approximate surface area is 75.8 Å². The van der Waals surface area contributed by atoms with Crippen LogP contribution in [0.1, 0.15) is 26.5 Å². The van der Waals surface area contributed by atoms with Crippen LogP contribution in [0.4, 0.5) is 0 Å². The van der Waals surface area contributed by atoms with Crippen molar-refractivity contribution in [3.05, 3.63) is 24.2 Å². The first-order valence-electron chi connectivity index (χ1n) is 3.96. The second-order valence-corrected chi connectivity index (χ2v) is 2.96. The lowest BCUT2D eigenvalue weighted by molar-refractivity contribution is 0.534. The Bertz CT molecular complexity index is 167. The minimum atomic E-state index is 0.833. The van der Waals surface area contributed by atoms with Crippen LogP contribution < -0.4 is 0 Å². The molecule has 0 saturated carbocycles. The Kier molecular flexibility index (Phi) is 11.0. The molecule has 0 bridgehead atoms. The highest BCUT2D eigenvalue weighted by Gasteiger charge is 1.75. The number of hydrogen-bond donors (Lipinski definition) is 0. The monoisotopic (exact) mass is 166 g/mol. The van der Waals surface area contributed by atoms with Crippen molar-refractivity contribution in [2.75, 3.05) is 0 Å². The van der Waals surface area contributed by atoms with Crippen molar-refractivity contribution >= 4 is 0 Å². The zero-order chi connectivity index (χ0) is 9.98. The highest BCUT2D eigenvalue weighted by Crippen LogP contribution is 1.93. The molecule has 0 spiro atoms. The molecule has 0 aliphatic heterocycles. The summed E-state index contributed by atoms with van der Waals surface area (Å²) in [5.41, 5.74) is 0. The first kappa shape index (κ1) is 13.4. The molecule has 0 aliphatic carbocycles. The van der Waals surface area contributed by atoms with Crippen molar-refractivity contribution in [1.29, 1.82) is 0 Å². The van der Waals surface area contributed by atoms with E-state index in [0.717, 1.165) is 11.7 Å². The van der Waals surface area contributed by atoms with Crippen LogP contribution in [0.5, 0.6) is 0 Å². The van der Waals surface area contributed by atoms with Gasteiger partial charge in [-0.1, -0.05) is 20.8 Å². The van der Waals surface area contributed by atoms with Gasteiger partial charge in [-0.05, 0) is 25.0 Å². The summed E-state index contributed by atoms with van der Waals surface area (Å²) in [6.45, 7) is 8.42. The fourth-order valence-electron chi connectivity index (χ4n) is 0.361. The highest BCUT2D eigenvalue weighted by atomic mass is 16.3. The van der Waals surface area contributed by atoms with Gasteiger partial charge in [-0.15, -0.1) is 12.8 Å². The lowest BCUT2D eigenvalue weighted by Gasteiger charge is -1.79. The quantitative estimate of drug-likeness (QED) is 0.538. The number of furan rings is 1. The third kappa shape index (κ3) is 15.9. The first-order valence-corrected chi connectivity index (χ1v) is 3.96. The smallest absolute Gasteiger partial charge is 0.100 e. The van der Waals surface area contributed by atoms with Crippen molar-refractivity contribution in [3.8, 4) is 12.8 Å². The molecule has 1 aromatic heterocycles. The van der Waals surface area contributed by atoms with Crippen LogP contribution in [0.3, 0.4) is 0 Å². The molecule has 0 unspecified atom stereocenters. The Balaban J connectivity index is 0. The summed E-state index contributed by atoms with van der Waals surface area (Å²) in [5, 5.41) is 0. The zero-order valence-corrected chi connectivity index (χ0v) is 8.37.